The van der Waals surface area contributed by atoms with Gasteiger partial charge in [-0.25, -0.2) is 0 Å². The maximum atomic E-state index is 12.3. The molecule has 1 fully saturated rings. The number of nitrogens with one attached hydrogen (secondary N) is 2. The zero-order valence-electron chi connectivity index (χ0n) is 18.2. The van der Waals surface area contributed by atoms with Gasteiger partial charge in [-0.1, -0.05) is 0 Å². The number of benzene rings is 2. The predicted molar refractivity (Wildman–Crippen MR) is 118 cm³/mol. The van der Waals surface area contributed by atoms with Crippen molar-refractivity contribution in [2.24, 2.45) is 5.92 Å². The fourth-order valence-corrected chi connectivity index (χ4v) is 3.15. The molecule has 3 rings (SSSR count). The molecule has 0 unspecified atom stereocenters. The number of hydrogen-bond donors (Lipinski definition) is 2. The molecule has 0 spiro atoms. The molecule has 2 aromatic carbocycles. The molecule has 12 heteroatoms. The number of anilines is 1. The lowest BCUT2D eigenvalue weighted by Crippen LogP contribution is -2.43. The van der Waals surface area contributed by atoms with Crippen molar-refractivity contribution in [1.29, 1.82) is 0 Å². The van der Waals surface area contributed by atoms with Crippen molar-refractivity contribution in [2.75, 3.05) is 25.1 Å². The molecular formula is C22H22N4O8. The van der Waals surface area contributed by atoms with Gasteiger partial charge in [0.1, 0.15) is 5.75 Å². The molecule has 0 aliphatic carbocycles. The summed E-state index contributed by atoms with van der Waals surface area (Å²) in [6.45, 7) is 1.71. The summed E-state index contributed by atoms with van der Waals surface area (Å²) in [6.07, 6.45) is -0.195. The number of non-ortho nitro benzene ring substituents is 1. The van der Waals surface area contributed by atoms with Crippen LogP contribution in [0.2, 0.25) is 0 Å². The molecule has 1 saturated heterocycles. The van der Waals surface area contributed by atoms with E-state index in [-0.39, 0.29) is 24.2 Å². The minimum atomic E-state index is -0.858. The average Bonchev–Trinajstić information content (AvgIpc) is 3.19. The van der Waals surface area contributed by atoms with Crippen LogP contribution in [-0.4, -0.2) is 53.4 Å². The number of carbonyl (C=O) groups excluding carboxylic acids is 4. The third-order valence-electron chi connectivity index (χ3n) is 4.83. The summed E-state index contributed by atoms with van der Waals surface area (Å²) < 4.78 is 10.3. The predicted octanol–water partition coefficient (Wildman–Crippen LogP) is 1.67. The van der Waals surface area contributed by atoms with Crippen molar-refractivity contribution in [1.82, 2.24) is 10.4 Å². The fourth-order valence-electron chi connectivity index (χ4n) is 3.15. The molecule has 2 N–H and O–H groups in total. The number of nitro benzene ring substituents is 1. The van der Waals surface area contributed by atoms with E-state index in [1.165, 1.54) is 24.3 Å². The normalized spacial score (nSPS) is 14.9. The summed E-state index contributed by atoms with van der Waals surface area (Å²) in [4.78, 5) is 58.9. The van der Waals surface area contributed by atoms with Crippen molar-refractivity contribution in [3.05, 3.63) is 64.2 Å². The number of amides is 3. The summed E-state index contributed by atoms with van der Waals surface area (Å²) in [7, 11) is 0. The Morgan fingerprint density at radius 1 is 1.12 bits per heavy atom. The molecule has 3 amide bonds. The second-order valence-electron chi connectivity index (χ2n) is 7.26. The van der Waals surface area contributed by atoms with Crippen molar-refractivity contribution < 1.29 is 33.6 Å². The second kappa shape index (κ2) is 10.9. The van der Waals surface area contributed by atoms with E-state index in [0.29, 0.717) is 18.0 Å². The van der Waals surface area contributed by atoms with Crippen molar-refractivity contribution in [3.8, 4) is 5.75 Å². The zero-order valence-corrected chi connectivity index (χ0v) is 18.2. The number of ether oxygens (including phenoxy) is 2. The molecule has 0 radical (unpaired) electrons. The zero-order chi connectivity index (χ0) is 24.7. The highest BCUT2D eigenvalue weighted by atomic mass is 16.6. The van der Waals surface area contributed by atoms with Gasteiger partial charge in [0.2, 0.25) is 5.91 Å². The van der Waals surface area contributed by atoms with Crippen LogP contribution in [0.3, 0.4) is 0 Å². The molecule has 12 nitrogen and oxygen atoms in total. The van der Waals surface area contributed by atoms with Crippen molar-refractivity contribution in [3.63, 3.8) is 0 Å². The Balaban J connectivity index is 1.46. The van der Waals surface area contributed by atoms with Gasteiger partial charge in [0, 0.05) is 29.8 Å². The van der Waals surface area contributed by atoms with Crippen LogP contribution >= 0.6 is 0 Å². The third-order valence-corrected chi connectivity index (χ3v) is 4.83. The molecule has 34 heavy (non-hydrogen) atoms. The Morgan fingerprint density at radius 3 is 2.41 bits per heavy atom. The first-order valence-corrected chi connectivity index (χ1v) is 10.3. The number of hydrazine groups is 1. The molecule has 0 saturated carbocycles. The lowest BCUT2D eigenvalue weighted by atomic mass is 10.1. The van der Waals surface area contributed by atoms with Crippen molar-refractivity contribution >= 4 is 35.1 Å². The number of rotatable bonds is 9. The average molecular weight is 470 g/mol. The SMILES string of the molecule is CCOc1ccc(NC(=O)COC(=O)[C@@H]2CC(=O)N(NC(=O)c3ccc([N+](=O)[O-])cc3)C2)cc1. The highest BCUT2D eigenvalue weighted by molar-refractivity contribution is 5.97. The van der Waals surface area contributed by atoms with Gasteiger partial charge in [-0.05, 0) is 43.3 Å². The number of nitro groups is 1. The van der Waals surface area contributed by atoms with E-state index >= 15 is 0 Å². The minimum absolute atomic E-state index is 0.107. The van der Waals surface area contributed by atoms with Crippen LogP contribution in [0.25, 0.3) is 0 Å². The number of carbonyl (C=O) groups is 4. The topological polar surface area (TPSA) is 157 Å². The number of esters is 1. The minimum Gasteiger partial charge on any atom is -0.494 e. The van der Waals surface area contributed by atoms with Gasteiger partial charge in [0.15, 0.2) is 6.61 Å². The Kier molecular flexibility index (Phi) is 7.75. The lowest BCUT2D eigenvalue weighted by molar-refractivity contribution is -0.384. The van der Waals surface area contributed by atoms with Gasteiger partial charge < -0.3 is 14.8 Å². The quantitative estimate of drug-likeness (QED) is 0.318. The first-order valence-electron chi connectivity index (χ1n) is 10.3. The van der Waals surface area contributed by atoms with Gasteiger partial charge in [-0.15, -0.1) is 0 Å². The molecule has 1 aliphatic rings. The molecule has 0 aromatic heterocycles. The maximum absolute atomic E-state index is 12.3. The standard InChI is InChI=1S/C22H22N4O8/c1-2-33-18-9-5-16(6-10-18)23-19(27)13-34-22(30)15-11-20(28)25(12-15)24-21(29)14-3-7-17(8-4-14)26(31)32/h3-10,15H,2,11-13H2,1H3,(H,23,27)(H,24,29)/t15-/m1/s1. The molecule has 0 bridgehead atoms. The molecule has 1 aliphatic heterocycles. The van der Waals surface area contributed by atoms with Crippen LogP contribution < -0.4 is 15.5 Å². The molecule has 178 valence electrons. The summed E-state index contributed by atoms with van der Waals surface area (Å²) >= 11 is 0. The Bertz CT molecular complexity index is 1090. The van der Waals surface area contributed by atoms with Gasteiger partial charge >= 0.3 is 5.97 Å². The van der Waals surface area contributed by atoms with Crippen LogP contribution in [0, 0.1) is 16.0 Å². The van der Waals surface area contributed by atoms with E-state index < -0.39 is 41.1 Å². The van der Waals surface area contributed by atoms with Crippen LogP contribution in [-0.2, 0) is 19.1 Å². The van der Waals surface area contributed by atoms with Gasteiger partial charge in [0.25, 0.3) is 17.5 Å². The highest BCUT2D eigenvalue weighted by Gasteiger charge is 2.36. The van der Waals surface area contributed by atoms with Crippen LogP contribution in [0.1, 0.15) is 23.7 Å². The summed E-state index contributed by atoms with van der Waals surface area (Å²) in [5, 5.41) is 14.3. The van der Waals surface area contributed by atoms with Crippen LogP contribution in [0.4, 0.5) is 11.4 Å². The monoisotopic (exact) mass is 470 g/mol. The smallest absolute Gasteiger partial charge is 0.311 e. The summed E-state index contributed by atoms with van der Waals surface area (Å²) in [6, 6.07) is 11.5. The molecule has 2 aromatic rings. The van der Waals surface area contributed by atoms with Gasteiger partial charge in [-0.2, -0.15) is 0 Å². The van der Waals surface area contributed by atoms with E-state index in [1.807, 2.05) is 6.92 Å². The van der Waals surface area contributed by atoms with Crippen LogP contribution in [0.15, 0.2) is 48.5 Å². The first kappa shape index (κ1) is 24.2. The van der Waals surface area contributed by atoms with E-state index in [2.05, 4.69) is 10.7 Å². The van der Waals surface area contributed by atoms with Gasteiger partial charge in [-0.3, -0.25) is 39.7 Å². The Labute approximate surface area is 193 Å². The van der Waals surface area contributed by atoms with Crippen LogP contribution in [0.5, 0.6) is 5.75 Å². The number of nitrogens with zero attached hydrogens (tertiary/aromatic N) is 2. The Hall–Kier alpha value is -4.48. The van der Waals surface area contributed by atoms with E-state index in [4.69, 9.17) is 9.47 Å². The Morgan fingerprint density at radius 2 is 1.79 bits per heavy atom. The van der Waals surface area contributed by atoms with E-state index in [0.717, 1.165) is 5.01 Å². The van der Waals surface area contributed by atoms with Crippen molar-refractivity contribution in [2.45, 2.75) is 13.3 Å². The molecule has 1 atom stereocenters. The largest absolute Gasteiger partial charge is 0.494 e. The third kappa shape index (κ3) is 6.28. The summed E-state index contributed by atoms with van der Waals surface area (Å²) in [5.41, 5.74) is 2.80. The molecule has 1 heterocycles. The first-order chi connectivity index (χ1) is 16.3. The fraction of sp³-hybridized carbons (Fsp3) is 0.273. The number of hydrogen-bond acceptors (Lipinski definition) is 8. The van der Waals surface area contributed by atoms with Gasteiger partial charge in [0.05, 0.1) is 24.0 Å². The second-order valence-corrected chi connectivity index (χ2v) is 7.26. The van der Waals surface area contributed by atoms with E-state index in [1.54, 1.807) is 24.3 Å². The highest BCUT2D eigenvalue weighted by Crippen LogP contribution is 2.19. The van der Waals surface area contributed by atoms with E-state index in [9.17, 15) is 29.3 Å². The molecular weight excluding hydrogens is 448 g/mol. The summed E-state index contributed by atoms with van der Waals surface area (Å²) in [5.74, 6) is -2.67. The maximum Gasteiger partial charge on any atom is 0.311 e. The lowest BCUT2D eigenvalue weighted by Gasteiger charge is -2.17.